The molecule has 0 aliphatic heterocycles. The lowest BCUT2D eigenvalue weighted by molar-refractivity contribution is -0.151. The summed E-state index contributed by atoms with van der Waals surface area (Å²) >= 11 is 0. The van der Waals surface area contributed by atoms with Gasteiger partial charge in [-0.05, 0) is 38.3 Å². The smallest absolute Gasteiger partial charge is 0.249 e. The van der Waals surface area contributed by atoms with Crippen LogP contribution in [0.2, 0.25) is 0 Å². The molecule has 0 saturated carbocycles. The number of carbonyl (C=O) groups excluding carboxylic acids is 6. The maximum atomic E-state index is 14.1. The summed E-state index contributed by atoms with van der Waals surface area (Å²) in [5.74, 6) is -4.00. The highest BCUT2D eigenvalue weighted by atomic mass is 16.2. The molecule has 50 heavy (non-hydrogen) atoms. The number of hydrogen-bond acceptors (Lipinski definition) is 11. The summed E-state index contributed by atoms with van der Waals surface area (Å²) < 4.78 is 1.64. The summed E-state index contributed by atoms with van der Waals surface area (Å²) in [6, 6.07) is 4.29. The fraction of sp³-hybridized carbons (Fsp3) is 0.455. The highest BCUT2D eigenvalue weighted by molar-refractivity contribution is 6.03. The SMILES string of the molecule is Cc1ncn(C)c1C[C@@H](C(=O)N[C@@H](CCCCN)C(=O)N[C@H]([C]=O)Cc1ccccc1)N(C(=O)CN)C(=O)CNC(=O)[C@@H](N)Cc1c[nH]cn1. The molecule has 0 fully saturated rings. The molecule has 269 valence electrons. The van der Waals surface area contributed by atoms with Gasteiger partial charge in [-0.3, -0.25) is 33.7 Å². The number of aromatic nitrogens is 4. The third-order valence-corrected chi connectivity index (χ3v) is 8.04. The zero-order valence-corrected chi connectivity index (χ0v) is 28.3. The molecule has 0 aliphatic carbocycles. The molecule has 4 atom stereocenters. The van der Waals surface area contributed by atoms with Crippen molar-refractivity contribution in [1.29, 1.82) is 0 Å². The van der Waals surface area contributed by atoms with Crippen molar-refractivity contribution in [2.45, 2.75) is 69.6 Å². The molecule has 5 amide bonds. The van der Waals surface area contributed by atoms with Gasteiger partial charge in [0.1, 0.15) is 12.1 Å². The van der Waals surface area contributed by atoms with E-state index in [9.17, 15) is 28.8 Å². The minimum Gasteiger partial charge on any atom is -0.351 e. The fourth-order valence-electron chi connectivity index (χ4n) is 5.31. The highest BCUT2D eigenvalue weighted by Crippen LogP contribution is 2.15. The van der Waals surface area contributed by atoms with Gasteiger partial charge >= 0.3 is 0 Å². The van der Waals surface area contributed by atoms with E-state index in [4.69, 9.17) is 17.2 Å². The molecule has 10 N–H and O–H groups in total. The molecule has 1 aromatic carbocycles. The maximum Gasteiger partial charge on any atom is 0.249 e. The monoisotopic (exact) mass is 692 g/mol. The van der Waals surface area contributed by atoms with E-state index in [1.54, 1.807) is 49.0 Å². The maximum absolute atomic E-state index is 14.1. The molecular formula is C33H46N11O6. The van der Waals surface area contributed by atoms with E-state index in [0.717, 1.165) is 5.56 Å². The molecule has 2 aromatic heterocycles. The van der Waals surface area contributed by atoms with E-state index < -0.39 is 66.8 Å². The largest absolute Gasteiger partial charge is 0.351 e. The molecule has 3 rings (SSSR count). The number of aromatic amines is 1. The van der Waals surface area contributed by atoms with Crippen LogP contribution in [0.5, 0.6) is 0 Å². The summed E-state index contributed by atoms with van der Waals surface area (Å²) in [5.41, 5.74) is 19.8. The Morgan fingerprint density at radius 3 is 2.30 bits per heavy atom. The summed E-state index contributed by atoms with van der Waals surface area (Å²) in [7, 11) is 1.69. The number of carbonyl (C=O) groups is 5. The first-order chi connectivity index (χ1) is 24.0. The van der Waals surface area contributed by atoms with Gasteiger partial charge < -0.3 is 42.7 Å². The number of imide groups is 1. The number of imidazole rings is 2. The Labute approximate surface area is 290 Å². The number of benzene rings is 1. The molecule has 0 spiro atoms. The number of hydrogen-bond donors (Lipinski definition) is 7. The van der Waals surface area contributed by atoms with Crippen LogP contribution in [0.1, 0.15) is 41.9 Å². The molecule has 0 unspecified atom stereocenters. The quantitative estimate of drug-likeness (QED) is 0.0626. The van der Waals surface area contributed by atoms with Crippen molar-refractivity contribution >= 4 is 35.8 Å². The third kappa shape index (κ3) is 11.4. The summed E-state index contributed by atoms with van der Waals surface area (Å²) in [6.45, 7) is 0.731. The van der Waals surface area contributed by atoms with Crippen molar-refractivity contribution in [1.82, 2.24) is 40.4 Å². The standard InChI is InChI=1S/C33H46N11O6/c1-21-27(43(2)20-40-21)14-28(44(29(46)15-35)30(47)17-38-31(48)25(36)13-23-16-37-19-39-23)33(50)42-26(10-6-7-11-34)32(49)41-24(18-45)12-22-8-4-3-5-9-22/h3-5,8-9,16,19-20,24-26,28H,6-7,10-15,17,34-36H2,1-2H3,(H,37,39)(H,38,48)(H,41,49)(H,42,50)/t24-,25-,26-,28-/m0/s1. The third-order valence-electron chi connectivity index (χ3n) is 8.04. The van der Waals surface area contributed by atoms with Crippen LogP contribution in [-0.4, -0.2) is 104 Å². The molecule has 17 heteroatoms. The minimum absolute atomic E-state index is 0.0848. The van der Waals surface area contributed by atoms with Gasteiger partial charge in [-0.15, -0.1) is 0 Å². The lowest BCUT2D eigenvalue weighted by Gasteiger charge is -2.31. The van der Waals surface area contributed by atoms with E-state index >= 15 is 0 Å². The van der Waals surface area contributed by atoms with Gasteiger partial charge in [0.05, 0.1) is 49.2 Å². The Morgan fingerprint density at radius 1 is 0.960 bits per heavy atom. The van der Waals surface area contributed by atoms with Crippen molar-refractivity contribution in [3.05, 3.63) is 71.8 Å². The average molecular weight is 693 g/mol. The summed E-state index contributed by atoms with van der Waals surface area (Å²) in [4.78, 5) is 90.9. The first kappa shape index (κ1) is 39.2. The molecule has 2 heterocycles. The van der Waals surface area contributed by atoms with Gasteiger partial charge in [0, 0.05) is 38.2 Å². The van der Waals surface area contributed by atoms with Crippen LogP contribution >= 0.6 is 0 Å². The number of amides is 5. The van der Waals surface area contributed by atoms with Crippen molar-refractivity contribution in [3.8, 4) is 0 Å². The van der Waals surface area contributed by atoms with E-state index in [2.05, 4.69) is 30.9 Å². The molecule has 3 aromatic rings. The van der Waals surface area contributed by atoms with Gasteiger partial charge in [-0.2, -0.15) is 0 Å². The normalized spacial score (nSPS) is 13.4. The van der Waals surface area contributed by atoms with Gasteiger partial charge in [0.25, 0.3) is 0 Å². The Balaban J connectivity index is 1.87. The van der Waals surface area contributed by atoms with Crippen LogP contribution in [0.4, 0.5) is 0 Å². The second-order valence-corrected chi connectivity index (χ2v) is 11.8. The van der Waals surface area contributed by atoms with Crippen molar-refractivity contribution < 1.29 is 28.8 Å². The number of nitrogens with one attached hydrogen (secondary N) is 4. The van der Waals surface area contributed by atoms with Crippen molar-refractivity contribution in [3.63, 3.8) is 0 Å². The zero-order valence-electron chi connectivity index (χ0n) is 28.3. The van der Waals surface area contributed by atoms with E-state index in [1.807, 2.05) is 12.4 Å². The Hall–Kier alpha value is -5.26. The zero-order chi connectivity index (χ0) is 36.6. The van der Waals surface area contributed by atoms with Crippen molar-refractivity contribution in [2.24, 2.45) is 24.2 Å². The van der Waals surface area contributed by atoms with Crippen LogP contribution in [0.25, 0.3) is 0 Å². The van der Waals surface area contributed by atoms with E-state index in [1.165, 1.54) is 12.7 Å². The topological polar surface area (TPSA) is 266 Å². The van der Waals surface area contributed by atoms with Crippen molar-refractivity contribution in [2.75, 3.05) is 19.6 Å². The summed E-state index contributed by atoms with van der Waals surface area (Å²) in [5, 5.41) is 7.75. The van der Waals surface area contributed by atoms with E-state index in [0.29, 0.717) is 41.4 Å². The number of unbranched alkanes of at least 4 members (excludes halogenated alkanes) is 1. The number of aryl methyl sites for hydroxylation is 2. The Morgan fingerprint density at radius 2 is 1.70 bits per heavy atom. The molecule has 0 aliphatic rings. The first-order valence-corrected chi connectivity index (χ1v) is 16.2. The molecule has 0 saturated heterocycles. The second kappa shape index (κ2) is 19.7. The lowest BCUT2D eigenvalue weighted by atomic mass is 10.0. The number of H-pyrrole nitrogens is 1. The second-order valence-electron chi connectivity index (χ2n) is 11.8. The molecule has 1 radical (unpaired) electrons. The average Bonchev–Trinajstić information content (AvgIpc) is 3.74. The minimum atomic E-state index is -1.51. The Bertz CT molecular complexity index is 1560. The predicted molar refractivity (Wildman–Crippen MR) is 182 cm³/mol. The van der Waals surface area contributed by atoms with Crippen LogP contribution in [0.15, 0.2) is 49.2 Å². The van der Waals surface area contributed by atoms with Crippen LogP contribution in [0.3, 0.4) is 0 Å². The predicted octanol–water partition coefficient (Wildman–Crippen LogP) is -2.19. The van der Waals surface area contributed by atoms with Gasteiger partial charge in [0.2, 0.25) is 35.8 Å². The molecule has 0 bridgehead atoms. The molecule has 17 nitrogen and oxygen atoms in total. The van der Waals surface area contributed by atoms with Crippen LogP contribution < -0.4 is 33.2 Å². The van der Waals surface area contributed by atoms with Gasteiger partial charge in [-0.1, -0.05) is 30.3 Å². The van der Waals surface area contributed by atoms with Gasteiger partial charge in [-0.25, -0.2) is 9.97 Å². The van der Waals surface area contributed by atoms with Crippen LogP contribution in [-0.2, 0) is 55.1 Å². The van der Waals surface area contributed by atoms with Gasteiger partial charge in [0.15, 0.2) is 0 Å². The van der Waals surface area contributed by atoms with Crippen LogP contribution in [0, 0.1) is 6.92 Å². The Kier molecular flexibility index (Phi) is 15.4. The number of nitrogens with zero attached hydrogens (tertiary/aromatic N) is 4. The molecular weight excluding hydrogens is 646 g/mol. The number of nitrogens with two attached hydrogens (primary N) is 3. The van der Waals surface area contributed by atoms with E-state index in [-0.39, 0.29) is 25.7 Å². The summed E-state index contributed by atoms with van der Waals surface area (Å²) in [6.07, 6.45) is 7.57. The lowest BCUT2D eigenvalue weighted by Crippen LogP contribution is -2.60. The fourth-order valence-corrected chi connectivity index (χ4v) is 5.31. The number of rotatable bonds is 20. The first-order valence-electron chi connectivity index (χ1n) is 16.2. The highest BCUT2D eigenvalue weighted by Gasteiger charge is 2.37.